The van der Waals surface area contributed by atoms with Crippen molar-refractivity contribution in [3.05, 3.63) is 36.2 Å². The fourth-order valence-corrected chi connectivity index (χ4v) is 2.72. The number of hydrogen-bond acceptors (Lipinski definition) is 8. The number of ether oxygens (including phenoxy) is 1. The largest absolute Gasteiger partial charge is 0.390 e. The fraction of sp³-hybridized carbons (Fsp3) is 0.533. The molecule has 2 aromatic heterocycles. The maximum Gasteiger partial charge on any atom is 0.240 e. The zero-order valence-electron chi connectivity index (χ0n) is 13.1. The van der Waals surface area contributed by atoms with Gasteiger partial charge >= 0.3 is 0 Å². The average Bonchev–Trinajstić information content (AvgIpc) is 2.90. The Morgan fingerprint density at radius 3 is 2.91 bits per heavy atom. The first kappa shape index (κ1) is 15.9. The van der Waals surface area contributed by atoms with Gasteiger partial charge < -0.3 is 19.3 Å². The predicted octanol–water partition coefficient (Wildman–Crippen LogP) is 0.294. The van der Waals surface area contributed by atoms with Gasteiger partial charge in [-0.15, -0.1) is 0 Å². The van der Waals surface area contributed by atoms with Crippen LogP contribution in [0.15, 0.2) is 29.0 Å². The van der Waals surface area contributed by atoms with Crippen molar-refractivity contribution in [2.24, 2.45) is 0 Å². The maximum atomic E-state index is 10.3. The molecule has 1 fully saturated rings. The highest BCUT2D eigenvalue weighted by molar-refractivity contribution is 5.44. The van der Waals surface area contributed by atoms with E-state index in [0.29, 0.717) is 38.0 Å². The molecular formula is C15H21N5O3. The van der Waals surface area contributed by atoms with E-state index in [-0.39, 0.29) is 0 Å². The Balaban J connectivity index is 1.61. The molecule has 1 N–H and O–H groups in total. The summed E-state index contributed by atoms with van der Waals surface area (Å²) in [6, 6.07) is 3.91. The topological polar surface area (TPSA) is 87.8 Å². The highest BCUT2D eigenvalue weighted by Crippen LogP contribution is 2.16. The van der Waals surface area contributed by atoms with Crippen molar-refractivity contribution in [1.29, 1.82) is 0 Å². The quantitative estimate of drug-likeness (QED) is 0.841. The van der Waals surface area contributed by atoms with Crippen molar-refractivity contribution in [1.82, 2.24) is 20.0 Å². The number of β-amino-alcohol motifs (C(OH)–C–C–N with tert-alkyl or cyclic N) is 1. The van der Waals surface area contributed by atoms with Crippen LogP contribution in [0, 0.1) is 0 Å². The minimum Gasteiger partial charge on any atom is -0.390 e. The zero-order chi connectivity index (χ0) is 16.1. The molecule has 0 aliphatic carbocycles. The van der Waals surface area contributed by atoms with Crippen molar-refractivity contribution in [2.75, 3.05) is 38.2 Å². The van der Waals surface area contributed by atoms with Gasteiger partial charge in [-0.2, -0.15) is 4.98 Å². The first-order valence-electron chi connectivity index (χ1n) is 7.60. The second-order valence-electron chi connectivity index (χ2n) is 5.58. The Hall–Kier alpha value is -2.03. The summed E-state index contributed by atoms with van der Waals surface area (Å²) in [4.78, 5) is 12.6. The number of pyridine rings is 1. The summed E-state index contributed by atoms with van der Waals surface area (Å²) in [5, 5.41) is 14.1. The number of aliphatic hydroxyl groups is 1. The van der Waals surface area contributed by atoms with Gasteiger partial charge in [0.1, 0.15) is 6.61 Å². The zero-order valence-corrected chi connectivity index (χ0v) is 13.1. The van der Waals surface area contributed by atoms with Crippen LogP contribution < -0.4 is 4.90 Å². The highest BCUT2D eigenvalue weighted by atomic mass is 16.5. The molecule has 8 nitrogen and oxygen atoms in total. The summed E-state index contributed by atoms with van der Waals surface area (Å²) in [7, 11) is 1.59. The number of aromatic nitrogens is 3. The van der Waals surface area contributed by atoms with Gasteiger partial charge in [0.25, 0.3) is 0 Å². The monoisotopic (exact) mass is 319 g/mol. The van der Waals surface area contributed by atoms with Gasteiger partial charge in [0, 0.05) is 51.4 Å². The summed E-state index contributed by atoms with van der Waals surface area (Å²) < 4.78 is 10.2. The van der Waals surface area contributed by atoms with Crippen molar-refractivity contribution >= 4 is 5.69 Å². The predicted molar refractivity (Wildman–Crippen MR) is 82.7 cm³/mol. The third-order valence-corrected chi connectivity index (χ3v) is 3.76. The second-order valence-corrected chi connectivity index (χ2v) is 5.58. The number of rotatable bonds is 5. The van der Waals surface area contributed by atoms with Gasteiger partial charge in [-0.1, -0.05) is 5.16 Å². The van der Waals surface area contributed by atoms with Crippen LogP contribution in [0.25, 0.3) is 0 Å². The second kappa shape index (κ2) is 7.49. The summed E-state index contributed by atoms with van der Waals surface area (Å²) in [5.74, 6) is 1.08. The molecule has 0 spiro atoms. The molecule has 3 rings (SSSR count). The lowest BCUT2D eigenvalue weighted by Gasteiger charge is -2.23. The number of aliphatic hydroxyl groups excluding tert-OH is 1. The minimum absolute atomic E-state index is 0.335. The van der Waals surface area contributed by atoms with E-state index < -0.39 is 6.10 Å². The standard InChI is InChI=1S/C15H21N5O3/c1-22-11-14-17-15(23-18-14)10-19-6-7-20(9-13(21)8-19)12-2-4-16-5-3-12/h2-5,13,21H,6-11H2,1H3/t13-/m1/s1. The fourth-order valence-electron chi connectivity index (χ4n) is 2.72. The van der Waals surface area contributed by atoms with E-state index in [1.54, 1.807) is 19.5 Å². The number of anilines is 1. The van der Waals surface area contributed by atoms with Gasteiger partial charge in [0.2, 0.25) is 5.89 Å². The third kappa shape index (κ3) is 4.25. The van der Waals surface area contributed by atoms with E-state index in [2.05, 4.69) is 24.9 Å². The van der Waals surface area contributed by atoms with E-state index in [1.807, 2.05) is 12.1 Å². The highest BCUT2D eigenvalue weighted by Gasteiger charge is 2.23. The average molecular weight is 319 g/mol. The summed E-state index contributed by atoms with van der Waals surface area (Å²) in [5.41, 5.74) is 1.07. The van der Waals surface area contributed by atoms with Crippen LogP contribution in [-0.4, -0.2) is 64.5 Å². The maximum absolute atomic E-state index is 10.3. The lowest BCUT2D eigenvalue weighted by Crippen LogP contribution is -2.33. The Morgan fingerprint density at radius 1 is 1.30 bits per heavy atom. The molecule has 2 aromatic rings. The number of hydrogen-bond donors (Lipinski definition) is 1. The van der Waals surface area contributed by atoms with Crippen molar-refractivity contribution in [2.45, 2.75) is 19.3 Å². The van der Waals surface area contributed by atoms with Crippen LogP contribution in [0.2, 0.25) is 0 Å². The molecule has 0 radical (unpaired) electrons. The first-order valence-corrected chi connectivity index (χ1v) is 7.60. The lowest BCUT2D eigenvalue weighted by atomic mass is 10.3. The van der Waals surface area contributed by atoms with E-state index in [4.69, 9.17) is 9.26 Å². The van der Waals surface area contributed by atoms with Crippen LogP contribution in [0.4, 0.5) is 5.69 Å². The normalized spacial score (nSPS) is 19.7. The van der Waals surface area contributed by atoms with Gasteiger partial charge in [-0.05, 0) is 12.1 Å². The molecule has 0 amide bonds. The Morgan fingerprint density at radius 2 is 2.13 bits per heavy atom. The SMILES string of the molecule is COCc1noc(CN2CCN(c3ccncc3)C[C@H](O)C2)n1. The Labute approximate surface area is 134 Å². The van der Waals surface area contributed by atoms with E-state index in [1.165, 1.54) is 0 Å². The van der Waals surface area contributed by atoms with Crippen molar-refractivity contribution < 1.29 is 14.4 Å². The van der Waals surface area contributed by atoms with Gasteiger partial charge in [-0.3, -0.25) is 9.88 Å². The number of methoxy groups -OCH3 is 1. The van der Waals surface area contributed by atoms with Gasteiger partial charge in [0.05, 0.1) is 12.6 Å². The molecule has 1 aliphatic rings. The molecule has 1 atom stereocenters. The van der Waals surface area contributed by atoms with E-state index in [0.717, 1.165) is 18.8 Å². The van der Waals surface area contributed by atoms with Crippen LogP contribution in [0.1, 0.15) is 11.7 Å². The summed E-state index contributed by atoms with van der Waals surface area (Å²) in [6.45, 7) is 3.66. The molecular weight excluding hydrogens is 298 g/mol. The van der Waals surface area contributed by atoms with Crippen LogP contribution in [-0.2, 0) is 17.9 Å². The first-order chi connectivity index (χ1) is 11.2. The van der Waals surface area contributed by atoms with E-state index in [9.17, 15) is 5.11 Å². The van der Waals surface area contributed by atoms with Gasteiger partial charge in [0.15, 0.2) is 5.82 Å². The van der Waals surface area contributed by atoms with Crippen molar-refractivity contribution in [3.63, 3.8) is 0 Å². The number of nitrogens with zero attached hydrogens (tertiary/aromatic N) is 5. The van der Waals surface area contributed by atoms with Crippen LogP contribution in [0.3, 0.4) is 0 Å². The Kier molecular flexibility index (Phi) is 5.16. The molecule has 0 bridgehead atoms. The molecule has 1 aliphatic heterocycles. The Bertz CT molecular complexity index is 606. The molecule has 0 aromatic carbocycles. The smallest absolute Gasteiger partial charge is 0.240 e. The van der Waals surface area contributed by atoms with E-state index >= 15 is 0 Å². The lowest BCUT2D eigenvalue weighted by molar-refractivity contribution is 0.122. The molecule has 1 saturated heterocycles. The molecule has 124 valence electrons. The van der Waals surface area contributed by atoms with Crippen molar-refractivity contribution in [3.8, 4) is 0 Å². The molecule has 0 saturated carbocycles. The molecule has 8 heteroatoms. The third-order valence-electron chi connectivity index (χ3n) is 3.76. The van der Waals surface area contributed by atoms with Crippen LogP contribution in [0.5, 0.6) is 0 Å². The molecule has 0 unspecified atom stereocenters. The molecule has 3 heterocycles. The molecule has 23 heavy (non-hydrogen) atoms. The van der Waals surface area contributed by atoms with Gasteiger partial charge in [-0.25, -0.2) is 0 Å². The summed E-state index contributed by atoms with van der Waals surface area (Å²) in [6.07, 6.45) is 3.09. The minimum atomic E-state index is -0.438. The van der Waals surface area contributed by atoms with Crippen LogP contribution >= 0.6 is 0 Å². The summed E-state index contributed by atoms with van der Waals surface area (Å²) >= 11 is 0.